The summed E-state index contributed by atoms with van der Waals surface area (Å²) < 4.78 is 20.4. The summed E-state index contributed by atoms with van der Waals surface area (Å²) in [5, 5.41) is 16.5. The molecule has 1 amide bonds. The van der Waals surface area contributed by atoms with E-state index in [0.717, 1.165) is 0 Å². The molecule has 0 unspecified atom stereocenters. The van der Waals surface area contributed by atoms with Crippen LogP contribution in [0.1, 0.15) is 24.2 Å². The maximum atomic E-state index is 13.3. The van der Waals surface area contributed by atoms with E-state index in [0.29, 0.717) is 35.7 Å². The number of nitrogens with zero attached hydrogens (tertiary/aromatic N) is 2. The molecule has 148 valence electrons. The van der Waals surface area contributed by atoms with Gasteiger partial charge in [0.15, 0.2) is 6.73 Å². The van der Waals surface area contributed by atoms with Crippen molar-refractivity contribution < 1.29 is 23.8 Å². The van der Waals surface area contributed by atoms with E-state index in [2.05, 4.69) is 10.4 Å². The number of carbonyl (C=O) groups excluding carboxylic acids is 1. The van der Waals surface area contributed by atoms with Gasteiger partial charge in [-0.3, -0.25) is 9.59 Å². The van der Waals surface area contributed by atoms with E-state index in [1.54, 1.807) is 36.7 Å². The van der Waals surface area contributed by atoms with Crippen molar-refractivity contribution in [3.8, 4) is 5.75 Å². The number of benzene rings is 1. The highest BCUT2D eigenvalue weighted by Crippen LogP contribution is 2.29. The highest BCUT2D eigenvalue weighted by molar-refractivity contribution is 5.96. The third kappa shape index (κ3) is 4.21. The van der Waals surface area contributed by atoms with Crippen LogP contribution in [0.5, 0.6) is 5.75 Å². The Morgan fingerprint density at radius 3 is 2.68 bits per heavy atom. The summed E-state index contributed by atoms with van der Waals surface area (Å²) in [5.74, 6) is -2.71. The number of amides is 1. The van der Waals surface area contributed by atoms with Crippen LogP contribution in [0.2, 0.25) is 0 Å². The van der Waals surface area contributed by atoms with Gasteiger partial charge in [-0.05, 0) is 38.8 Å². The number of hydrogen-bond donors (Lipinski definition) is 2. The van der Waals surface area contributed by atoms with Crippen molar-refractivity contribution in [2.45, 2.75) is 33.4 Å². The Bertz CT molecular complexity index is 922. The third-order valence-corrected chi connectivity index (χ3v) is 4.87. The molecule has 0 saturated heterocycles. The molecule has 1 heterocycles. The van der Waals surface area contributed by atoms with Gasteiger partial charge >= 0.3 is 5.97 Å². The van der Waals surface area contributed by atoms with Crippen molar-refractivity contribution >= 4 is 17.6 Å². The Balaban J connectivity index is 1.71. The van der Waals surface area contributed by atoms with Crippen LogP contribution in [0.4, 0.5) is 10.1 Å². The lowest BCUT2D eigenvalue weighted by molar-refractivity contribution is -0.146. The summed E-state index contributed by atoms with van der Waals surface area (Å²) in [6.45, 7) is 3.58. The number of halogens is 1. The van der Waals surface area contributed by atoms with Gasteiger partial charge in [-0.15, -0.1) is 0 Å². The minimum absolute atomic E-state index is 0.0515. The molecule has 2 aromatic rings. The van der Waals surface area contributed by atoms with Crippen LogP contribution in [-0.4, -0.2) is 26.8 Å². The number of aromatic nitrogens is 2. The van der Waals surface area contributed by atoms with E-state index < -0.39 is 23.6 Å². The number of nitrogens with one attached hydrogen (secondary N) is 1. The molecule has 0 fully saturated rings. The van der Waals surface area contributed by atoms with Crippen molar-refractivity contribution in [2.24, 2.45) is 11.8 Å². The second-order valence-electron chi connectivity index (χ2n) is 6.76. The fourth-order valence-electron chi connectivity index (χ4n) is 3.29. The molecule has 7 nitrogen and oxygen atoms in total. The predicted octanol–water partition coefficient (Wildman–Crippen LogP) is 3.28. The highest BCUT2D eigenvalue weighted by Gasteiger charge is 2.34. The first-order chi connectivity index (χ1) is 13.4. The second-order valence-corrected chi connectivity index (χ2v) is 6.76. The molecule has 0 aliphatic heterocycles. The Labute approximate surface area is 161 Å². The molecule has 3 rings (SSSR count). The van der Waals surface area contributed by atoms with Gasteiger partial charge in [0.1, 0.15) is 11.6 Å². The Morgan fingerprint density at radius 1 is 1.29 bits per heavy atom. The fourth-order valence-corrected chi connectivity index (χ4v) is 3.29. The van der Waals surface area contributed by atoms with E-state index in [-0.39, 0.29) is 12.6 Å². The maximum absolute atomic E-state index is 13.3. The number of carbonyl (C=O) groups is 2. The number of hydrogen-bond acceptors (Lipinski definition) is 4. The lowest BCUT2D eigenvalue weighted by Gasteiger charge is -2.24. The van der Waals surface area contributed by atoms with Crippen molar-refractivity contribution in [1.29, 1.82) is 0 Å². The largest absolute Gasteiger partial charge is 0.481 e. The van der Waals surface area contributed by atoms with Crippen LogP contribution < -0.4 is 10.1 Å². The van der Waals surface area contributed by atoms with Gasteiger partial charge in [0.2, 0.25) is 5.91 Å². The molecule has 1 aliphatic carbocycles. The molecule has 8 heteroatoms. The molecule has 1 aliphatic rings. The fraction of sp³-hybridized carbons (Fsp3) is 0.350. The minimum atomic E-state index is -0.975. The van der Waals surface area contributed by atoms with Gasteiger partial charge in [-0.2, -0.15) is 5.10 Å². The van der Waals surface area contributed by atoms with E-state index in [9.17, 15) is 19.1 Å². The maximum Gasteiger partial charge on any atom is 0.307 e. The number of ether oxygens (including phenoxy) is 1. The van der Waals surface area contributed by atoms with Crippen molar-refractivity contribution in [2.75, 3.05) is 5.32 Å². The zero-order valence-electron chi connectivity index (χ0n) is 15.7. The Hall–Kier alpha value is -3.16. The highest BCUT2D eigenvalue weighted by atomic mass is 19.1. The Kier molecular flexibility index (Phi) is 5.77. The third-order valence-electron chi connectivity index (χ3n) is 4.87. The van der Waals surface area contributed by atoms with Gasteiger partial charge in [-0.1, -0.05) is 18.2 Å². The van der Waals surface area contributed by atoms with Crippen molar-refractivity contribution in [1.82, 2.24) is 9.78 Å². The SMILES string of the molecule is Cc1nn(COc2cccc(F)c2)c(C)c1NC(=O)[C@@H]1CC=CC[C@H]1C(=O)O. The van der Waals surface area contributed by atoms with Crippen LogP contribution in [0.15, 0.2) is 36.4 Å². The average molecular weight is 387 g/mol. The summed E-state index contributed by atoms with van der Waals surface area (Å²) in [5.41, 5.74) is 1.79. The van der Waals surface area contributed by atoms with Gasteiger partial charge < -0.3 is 15.2 Å². The molecular weight excluding hydrogens is 365 g/mol. The molecule has 1 aromatic heterocycles. The molecule has 2 atom stereocenters. The number of rotatable bonds is 6. The summed E-state index contributed by atoms with van der Waals surface area (Å²) in [6.07, 6.45) is 4.35. The predicted molar refractivity (Wildman–Crippen MR) is 100 cm³/mol. The lowest BCUT2D eigenvalue weighted by Crippen LogP contribution is -2.35. The molecule has 0 bridgehead atoms. The number of aliphatic carboxylic acids is 1. The summed E-state index contributed by atoms with van der Waals surface area (Å²) >= 11 is 0. The van der Waals surface area contributed by atoms with Crippen molar-refractivity contribution in [3.05, 3.63) is 53.6 Å². The summed E-state index contributed by atoms with van der Waals surface area (Å²) in [4.78, 5) is 24.1. The van der Waals surface area contributed by atoms with Crippen LogP contribution in [0.3, 0.4) is 0 Å². The zero-order valence-corrected chi connectivity index (χ0v) is 15.7. The van der Waals surface area contributed by atoms with Crippen LogP contribution >= 0.6 is 0 Å². The normalized spacial score (nSPS) is 18.7. The van der Waals surface area contributed by atoms with E-state index in [1.807, 2.05) is 6.08 Å². The zero-order chi connectivity index (χ0) is 20.3. The molecule has 0 radical (unpaired) electrons. The number of anilines is 1. The monoisotopic (exact) mass is 387 g/mol. The smallest absolute Gasteiger partial charge is 0.307 e. The number of allylic oxidation sites excluding steroid dienone is 2. The average Bonchev–Trinajstić information content (AvgIpc) is 2.94. The lowest BCUT2D eigenvalue weighted by atomic mass is 9.82. The first-order valence-electron chi connectivity index (χ1n) is 8.98. The van der Waals surface area contributed by atoms with Crippen LogP contribution in [-0.2, 0) is 16.3 Å². The number of aryl methyl sites for hydroxylation is 1. The topological polar surface area (TPSA) is 93.5 Å². The quantitative estimate of drug-likeness (QED) is 0.742. The van der Waals surface area contributed by atoms with E-state index in [1.165, 1.54) is 12.1 Å². The minimum Gasteiger partial charge on any atom is -0.481 e. The molecule has 2 N–H and O–H groups in total. The second kappa shape index (κ2) is 8.24. The Morgan fingerprint density at radius 2 is 2.00 bits per heavy atom. The summed E-state index contributed by atoms with van der Waals surface area (Å²) in [6, 6.07) is 5.79. The van der Waals surface area contributed by atoms with Gasteiger partial charge in [0.25, 0.3) is 0 Å². The van der Waals surface area contributed by atoms with E-state index >= 15 is 0 Å². The number of carboxylic acids is 1. The van der Waals surface area contributed by atoms with Gasteiger partial charge in [-0.25, -0.2) is 9.07 Å². The standard InChI is InChI=1S/C20H22FN3O4/c1-12-18(22-19(25)16-8-3-4-9-17(16)20(26)27)13(2)24(23-12)11-28-15-7-5-6-14(21)10-15/h3-7,10,16-17H,8-9,11H2,1-2H3,(H,22,25)(H,26,27)/t16-,17-/m1/s1. The molecule has 28 heavy (non-hydrogen) atoms. The number of carboxylic acid groups (broad SMARTS) is 1. The van der Waals surface area contributed by atoms with Crippen molar-refractivity contribution in [3.63, 3.8) is 0 Å². The van der Waals surface area contributed by atoms with Crippen LogP contribution in [0.25, 0.3) is 0 Å². The van der Waals surface area contributed by atoms with Crippen LogP contribution in [0, 0.1) is 31.5 Å². The summed E-state index contributed by atoms with van der Waals surface area (Å²) in [7, 11) is 0. The van der Waals surface area contributed by atoms with Gasteiger partial charge in [0, 0.05) is 6.07 Å². The van der Waals surface area contributed by atoms with Gasteiger partial charge in [0.05, 0.1) is 28.9 Å². The molecule has 1 aromatic carbocycles. The first-order valence-corrected chi connectivity index (χ1v) is 8.98. The molecule has 0 spiro atoms. The first kappa shape index (κ1) is 19.6. The molecule has 0 saturated carbocycles. The van der Waals surface area contributed by atoms with E-state index in [4.69, 9.17) is 4.74 Å². The molecular formula is C20H22FN3O4.